The van der Waals surface area contributed by atoms with Gasteiger partial charge in [-0.25, -0.2) is 0 Å². The highest BCUT2D eigenvalue weighted by Gasteiger charge is 2.31. The average molecular weight is 263 g/mol. The van der Waals surface area contributed by atoms with E-state index in [0.29, 0.717) is 0 Å². The molecular formula is C16H25NO2. The van der Waals surface area contributed by atoms with Gasteiger partial charge in [-0.15, -0.1) is 0 Å². The summed E-state index contributed by atoms with van der Waals surface area (Å²) in [4.78, 5) is 0. The molecule has 3 heteroatoms. The van der Waals surface area contributed by atoms with Gasteiger partial charge in [0.1, 0.15) is 5.75 Å². The van der Waals surface area contributed by atoms with Crippen LogP contribution in [0.2, 0.25) is 0 Å². The molecule has 1 aromatic rings. The first-order valence-corrected chi connectivity index (χ1v) is 7.12. The molecule has 0 spiro atoms. The fraction of sp³-hybridized carbons (Fsp3) is 0.625. The van der Waals surface area contributed by atoms with Gasteiger partial charge in [0.2, 0.25) is 0 Å². The molecule has 1 aliphatic heterocycles. The number of rotatable bonds is 6. The van der Waals surface area contributed by atoms with Gasteiger partial charge < -0.3 is 14.8 Å². The zero-order valence-corrected chi connectivity index (χ0v) is 12.5. The van der Waals surface area contributed by atoms with E-state index >= 15 is 0 Å². The van der Waals surface area contributed by atoms with E-state index in [-0.39, 0.29) is 11.6 Å². The van der Waals surface area contributed by atoms with Gasteiger partial charge in [0.25, 0.3) is 0 Å². The Hall–Kier alpha value is -1.06. The number of methoxy groups -OCH3 is 1. The minimum absolute atomic E-state index is 0.198. The third-order valence-corrected chi connectivity index (χ3v) is 3.87. The molecule has 2 rings (SSSR count). The van der Waals surface area contributed by atoms with Crippen molar-refractivity contribution in [1.82, 2.24) is 5.32 Å². The zero-order chi connectivity index (χ0) is 13.9. The van der Waals surface area contributed by atoms with Crippen molar-refractivity contribution in [2.75, 3.05) is 20.3 Å². The van der Waals surface area contributed by atoms with Gasteiger partial charge in [0.15, 0.2) is 0 Å². The van der Waals surface area contributed by atoms with Crippen LogP contribution in [0.25, 0.3) is 0 Å². The summed E-state index contributed by atoms with van der Waals surface area (Å²) in [5.74, 6) is 1.04. The molecule has 0 bridgehead atoms. The molecular weight excluding hydrogens is 238 g/mol. The SMILES string of the molecule is CCCNC(c1ccc2c(c1)CCO2)C(C)(C)OC. The smallest absolute Gasteiger partial charge is 0.122 e. The lowest BCUT2D eigenvalue weighted by Crippen LogP contribution is -2.41. The highest BCUT2D eigenvalue weighted by atomic mass is 16.5. The topological polar surface area (TPSA) is 30.5 Å². The maximum atomic E-state index is 5.68. The number of benzene rings is 1. The Kier molecular flexibility index (Phi) is 4.48. The summed E-state index contributed by atoms with van der Waals surface area (Å²) < 4.78 is 11.3. The largest absolute Gasteiger partial charge is 0.493 e. The van der Waals surface area contributed by atoms with Gasteiger partial charge in [-0.05, 0) is 44.0 Å². The first-order valence-electron chi connectivity index (χ1n) is 7.12. The molecule has 1 atom stereocenters. The molecule has 1 aliphatic rings. The van der Waals surface area contributed by atoms with Crippen molar-refractivity contribution < 1.29 is 9.47 Å². The maximum Gasteiger partial charge on any atom is 0.122 e. The molecule has 106 valence electrons. The van der Waals surface area contributed by atoms with E-state index in [9.17, 15) is 0 Å². The Morgan fingerprint density at radius 1 is 1.42 bits per heavy atom. The van der Waals surface area contributed by atoms with Crippen LogP contribution in [0.1, 0.15) is 44.4 Å². The molecule has 1 N–H and O–H groups in total. The van der Waals surface area contributed by atoms with Crippen LogP contribution in [0.4, 0.5) is 0 Å². The average Bonchev–Trinajstić information content (AvgIpc) is 2.86. The number of nitrogens with one attached hydrogen (secondary N) is 1. The molecule has 0 amide bonds. The van der Waals surface area contributed by atoms with Crippen LogP contribution < -0.4 is 10.1 Å². The molecule has 0 fully saturated rings. The number of ether oxygens (including phenoxy) is 2. The Morgan fingerprint density at radius 2 is 2.21 bits per heavy atom. The minimum atomic E-state index is -0.233. The molecule has 1 unspecified atom stereocenters. The van der Waals surface area contributed by atoms with E-state index in [1.54, 1.807) is 7.11 Å². The highest BCUT2D eigenvalue weighted by molar-refractivity contribution is 5.41. The van der Waals surface area contributed by atoms with Crippen molar-refractivity contribution in [1.29, 1.82) is 0 Å². The van der Waals surface area contributed by atoms with Crippen LogP contribution in [0.3, 0.4) is 0 Å². The summed E-state index contributed by atoms with van der Waals surface area (Å²) in [6.07, 6.45) is 2.13. The predicted molar refractivity (Wildman–Crippen MR) is 77.8 cm³/mol. The van der Waals surface area contributed by atoms with Crippen LogP contribution in [-0.4, -0.2) is 25.9 Å². The van der Waals surface area contributed by atoms with Gasteiger partial charge in [-0.3, -0.25) is 0 Å². The normalized spacial score (nSPS) is 16.0. The molecule has 3 nitrogen and oxygen atoms in total. The molecule has 1 heterocycles. The zero-order valence-electron chi connectivity index (χ0n) is 12.5. The van der Waals surface area contributed by atoms with Gasteiger partial charge in [0.05, 0.1) is 18.2 Å². The van der Waals surface area contributed by atoms with Crippen molar-refractivity contribution in [3.8, 4) is 5.75 Å². The fourth-order valence-electron chi connectivity index (χ4n) is 2.56. The summed E-state index contributed by atoms with van der Waals surface area (Å²) in [5, 5.41) is 3.60. The minimum Gasteiger partial charge on any atom is -0.493 e. The summed E-state index contributed by atoms with van der Waals surface area (Å²) in [5.41, 5.74) is 2.36. The van der Waals surface area contributed by atoms with Crippen LogP contribution >= 0.6 is 0 Å². The van der Waals surface area contributed by atoms with E-state index in [4.69, 9.17) is 9.47 Å². The van der Waals surface area contributed by atoms with E-state index in [1.165, 1.54) is 11.1 Å². The van der Waals surface area contributed by atoms with Gasteiger partial charge in [-0.1, -0.05) is 19.1 Å². The molecule has 0 radical (unpaired) electrons. The molecule has 0 aromatic heterocycles. The lowest BCUT2D eigenvalue weighted by atomic mass is 9.90. The second kappa shape index (κ2) is 5.93. The first-order chi connectivity index (χ1) is 9.08. The molecule has 0 saturated carbocycles. The maximum absolute atomic E-state index is 5.68. The van der Waals surface area contributed by atoms with E-state index in [1.807, 2.05) is 0 Å². The quantitative estimate of drug-likeness (QED) is 0.855. The lowest BCUT2D eigenvalue weighted by molar-refractivity contribution is -0.0110. The van der Waals surface area contributed by atoms with Crippen molar-refractivity contribution in [3.05, 3.63) is 29.3 Å². The Bertz CT molecular complexity index is 429. The molecule has 0 aliphatic carbocycles. The van der Waals surface area contributed by atoms with Crippen molar-refractivity contribution in [2.24, 2.45) is 0 Å². The Morgan fingerprint density at radius 3 is 2.89 bits per heavy atom. The van der Waals surface area contributed by atoms with Gasteiger partial charge >= 0.3 is 0 Å². The van der Waals surface area contributed by atoms with Crippen molar-refractivity contribution >= 4 is 0 Å². The molecule has 19 heavy (non-hydrogen) atoms. The first kappa shape index (κ1) is 14.4. The monoisotopic (exact) mass is 263 g/mol. The Labute approximate surface area is 116 Å². The third-order valence-electron chi connectivity index (χ3n) is 3.87. The summed E-state index contributed by atoms with van der Waals surface area (Å²) in [6, 6.07) is 6.70. The summed E-state index contributed by atoms with van der Waals surface area (Å²) in [7, 11) is 1.77. The molecule has 1 aromatic carbocycles. The highest BCUT2D eigenvalue weighted by Crippen LogP contribution is 2.33. The fourth-order valence-corrected chi connectivity index (χ4v) is 2.56. The number of fused-ring (bicyclic) bond motifs is 1. The van der Waals surface area contributed by atoms with Gasteiger partial charge in [-0.2, -0.15) is 0 Å². The van der Waals surface area contributed by atoms with Crippen LogP contribution in [0.15, 0.2) is 18.2 Å². The van der Waals surface area contributed by atoms with E-state index in [0.717, 1.165) is 31.7 Å². The summed E-state index contributed by atoms with van der Waals surface area (Å²) in [6.45, 7) is 8.24. The van der Waals surface area contributed by atoms with E-state index < -0.39 is 0 Å². The second-order valence-corrected chi connectivity index (χ2v) is 5.66. The van der Waals surface area contributed by atoms with Crippen molar-refractivity contribution in [2.45, 2.75) is 45.3 Å². The van der Waals surface area contributed by atoms with Crippen LogP contribution in [-0.2, 0) is 11.2 Å². The lowest BCUT2D eigenvalue weighted by Gasteiger charge is -2.34. The van der Waals surface area contributed by atoms with Crippen LogP contribution in [0, 0.1) is 0 Å². The van der Waals surface area contributed by atoms with E-state index in [2.05, 4.69) is 44.3 Å². The predicted octanol–water partition coefficient (Wildman–Crippen LogP) is 3.09. The summed E-state index contributed by atoms with van der Waals surface area (Å²) >= 11 is 0. The Balaban J connectivity index is 2.27. The standard InChI is InChI=1S/C16H25NO2/c1-5-9-17-15(16(2,3)18-4)13-6-7-14-12(11-13)8-10-19-14/h6-7,11,15,17H,5,8-10H2,1-4H3. The van der Waals surface area contributed by atoms with Crippen molar-refractivity contribution in [3.63, 3.8) is 0 Å². The third kappa shape index (κ3) is 3.10. The number of hydrogen-bond donors (Lipinski definition) is 1. The molecule has 0 saturated heterocycles. The number of hydrogen-bond acceptors (Lipinski definition) is 3. The second-order valence-electron chi connectivity index (χ2n) is 5.66. The van der Waals surface area contributed by atoms with Crippen LogP contribution in [0.5, 0.6) is 5.75 Å². The van der Waals surface area contributed by atoms with Gasteiger partial charge in [0, 0.05) is 13.5 Å².